The van der Waals surface area contributed by atoms with Gasteiger partial charge in [0.15, 0.2) is 0 Å². The summed E-state index contributed by atoms with van der Waals surface area (Å²) in [5.74, 6) is 1.02. The molecule has 23 heavy (non-hydrogen) atoms. The molecule has 2 aromatic rings. The lowest BCUT2D eigenvalue weighted by molar-refractivity contribution is -0.0730. The average Bonchev–Trinajstić information content (AvgIpc) is 2.79. The highest BCUT2D eigenvalue weighted by Crippen LogP contribution is 2.29. The summed E-state index contributed by atoms with van der Waals surface area (Å²) in [6.45, 7) is 9.81. The zero-order valence-corrected chi connectivity index (χ0v) is 14.5. The van der Waals surface area contributed by atoms with E-state index < -0.39 is 5.60 Å². The van der Waals surface area contributed by atoms with Gasteiger partial charge in [-0.2, -0.15) is 0 Å². The second-order valence-electron chi connectivity index (χ2n) is 7.24. The van der Waals surface area contributed by atoms with Crippen LogP contribution in [0.15, 0.2) is 18.2 Å². The van der Waals surface area contributed by atoms with Crippen molar-refractivity contribution in [3.63, 3.8) is 0 Å². The van der Waals surface area contributed by atoms with Gasteiger partial charge in [0.05, 0.1) is 35.4 Å². The van der Waals surface area contributed by atoms with Gasteiger partial charge in [-0.05, 0) is 58.4 Å². The summed E-state index contributed by atoms with van der Waals surface area (Å²) in [6, 6.07) is 6.66. The van der Waals surface area contributed by atoms with E-state index in [2.05, 4.69) is 41.9 Å². The molecule has 1 fully saturated rings. The monoisotopic (exact) mass is 317 g/mol. The second kappa shape index (κ2) is 6.23. The van der Waals surface area contributed by atoms with E-state index in [-0.39, 0.29) is 12.1 Å². The first-order valence-electron chi connectivity index (χ1n) is 8.35. The fourth-order valence-electron chi connectivity index (χ4n) is 3.34. The number of hydrogen-bond donors (Lipinski definition) is 2. The largest absolute Gasteiger partial charge is 0.388 e. The minimum atomic E-state index is -0.814. The molecule has 2 unspecified atom stereocenters. The predicted molar refractivity (Wildman–Crippen MR) is 91.8 cm³/mol. The molecular weight excluding hydrogens is 290 g/mol. The van der Waals surface area contributed by atoms with Crippen LogP contribution < -0.4 is 5.32 Å². The fraction of sp³-hybridized carbons (Fsp3) is 0.611. The number of aromatic nitrogens is 2. The summed E-state index contributed by atoms with van der Waals surface area (Å²) in [5.41, 5.74) is 2.62. The van der Waals surface area contributed by atoms with E-state index in [1.165, 1.54) is 5.56 Å². The van der Waals surface area contributed by atoms with Gasteiger partial charge in [-0.3, -0.25) is 0 Å². The molecule has 1 aromatic carbocycles. The molecule has 5 nitrogen and oxygen atoms in total. The van der Waals surface area contributed by atoms with Crippen molar-refractivity contribution in [2.45, 2.75) is 51.9 Å². The summed E-state index contributed by atoms with van der Waals surface area (Å²) in [5, 5.41) is 13.4. The lowest BCUT2D eigenvalue weighted by Gasteiger charge is -2.35. The smallest absolute Gasteiger partial charge is 0.107 e. The number of ether oxygens (including phenoxy) is 1. The van der Waals surface area contributed by atoms with Crippen LogP contribution in [-0.2, 0) is 4.74 Å². The minimum absolute atomic E-state index is 0.0348. The molecule has 0 amide bonds. The Morgan fingerprint density at radius 3 is 2.91 bits per heavy atom. The summed E-state index contributed by atoms with van der Waals surface area (Å²) in [4.78, 5) is 4.73. The van der Waals surface area contributed by atoms with Gasteiger partial charge in [0.25, 0.3) is 0 Å². The number of nitrogens with zero attached hydrogens (tertiary/aromatic N) is 2. The Morgan fingerprint density at radius 1 is 1.39 bits per heavy atom. The first-order valence-corrected chi connectivity index (χ1v) is 8.35. The van der Waals surface area contributed by atoms with Crippen LogP contribution in [0.4, 0.5) is 0 Å². The van der Waals surface area contributed by atoms with Crippen LogP contribution in [0.3, 0.4) is 0 Å². The van der Waals surface area contributed by atoms with E-state index in [0.717, 1.165) is 36.4 Å². The molecule has 2 heterocycles. The summed E-state index contributed by atoms with van der Waals surface area (Å²) < 4.78 is 8.36. The number of fused-ring (bicyclic) bond motifs is 1. The number of imidazole rings is 1. The van der Waals surface area contributed by atoms with Gasteiger partial charge < -0.3 is 19.7 Å². The van der Waals surface area contributed by atoms with Crippen LogP contribution in [0.2, 0.25) is 0 Å². The Hall–Kier alpha value is -1.43. The first kappa shape index (κ1) is 16.4. The van der Waals surface area contributed by atoms with Crippen LogP contribution in [0.5, 0.6) is 0 Å². The number of aliphatic hydroxyl groups is 1. The third-order valence-corrected chi connectivity index (χ3v) is 4.40. The van der Waals surface area contributed by atoms with Gasteiger partial charge in [0, 0.05) is 6.54 Å². The van der Waals surface area contributed by atoms with Crippen LogP contribution in [0.1, 0.15) is 37.7 Å². The molecule has 0 bridgehead atoms. The third kappa shape index (κ3) is 3.57. The van der Waals surface area contributed by atoms with Crippen molar-refractivity contribution >= 4 is 11.0 Å². The zero-order valence-electron chi connectivity index (χ0n) is 14.5. The summed E-state index contributed by atoms with van der Waals surface area (Å²) in [7, 11) is 0. The molecule has 0 saturated carbocycles. The highest BCUT2D eigenvalue weighted by molar-refractivity contribution is 5.77. The van der Waals surface area contributed by atoms with E-state index in [1.807, 2.05) is 0 Å². The number of piperidine rings is 1. The lowest BCUT2D eigenvalue weighted by Crippen LogP contribution is -2.45. The average molecular weight is 317 g/mol. The molecule has 1 saturated heterocycles. The summed E-state index contributed by atoms with van der Waals surface area (Å²) >= 11 is 0. The molecule has 0 spiro atoms. The highest BCUT2D eigenvalue weighted by atomic mass is 16.5. The van der Waals surface area contributed by atoms with Gasteiger partial charge in [-0.1, -0.05) is 6.07 Å². The molecule has 5 heteroatoms. The Bertz CT molecular complexity index is 687. The molecule has 1 aliphatic heterocycles. The third-order valence-electron chi connectivity index (χ3n) is 4.40. The fourth-order valence-corrected chi connectivity index (χ4v) is 3.34. The van der Waals surface area contributed by atoms with Crippen LogP contribution in [0.25, 0.3) is 11.0 Å². The van der Waals surface area contributed by atoms with Crippen molar-refractivity contribution in [1.29, 1.82) is 0 Å². The molecule has 0 radical (unpaired) electrons. The Morgan fingerprint density at radius 2 is 2.17 bits per heavy atom. The van der Waals surface area contributed by atoms with Crippen molar-refractivity contribution in [3.8, 4) is 0 Å². The van der Waals surface area contributed by atoms with Crippen molar-refractivity contribution < 1.29 is 9.84 Å². The van der Waals surface area contributed by atoms with Crippen molar-refractivity contribution in [1.82, 2.24) is 14.9 Å². The van der Waals surface area contributed by atoms with E-state index in [1.54, 1.807) is 13.8 Å². The van der Waals surface area contributed by atoms with Crippen LogP contribution in [0, 0.1) is 13.8 Å². The Kier molecular flexibility index (Phi) is 4.45. The molecule has 2 N–H and O–H groups in total. The van der Waals surface area contributed by atoms with E-state index in [9.17, 15) is 5.11 Å². The first-order chi connectivity index (χ1) is 10.8. The van der Waals surface area contributed by atoms with Gasteiger partial charge in [-0.25, -0.2) is 4.98 Å². The quantitative estimate of drug-likeness (QED) is 0.909. The van der Waals surface area contributed by atoms with Gasteiger partial charge >= 0.3 is 0 Å². The van der Waals surface area contributed by atoms with Crippen molar-refractivity contribution in [2.24, 2.45) is 0 Å². The summed E-state index contributed by atoms with van der Waals surface area (Å²) in [6.07, 6.45) is 1.03. The topological polar surface area (TPSA) is 59.3 Å². The Balaban J connectivity index is 1.93. The number of hydrogen-bond acceptors (Lipinski definition) is 4. The molecule has 1 aromatic heterocycles. The molecule has 2 atom stereocenters. The minimum Gasteiger partial charge on any atom is -0.388 e. The molecule has 3 rings (SSSR count). The standard InChI is InChI=1S/C18H27N3O2/c1-12-5-6-15-14(9-12)20-13(2)21(15)16-7-8-19-10-17(16)23-11-18(3,4)22/h5-6,9,16-17,19,22H,7-8,10-11H2,1-4H3. The van der Waals surface area contributed by atoms with Gasteiger partial charge in [0.2, 0.25) is 0 Å². The maximum atomic E-state index is 9.96. The van der Waals surface area contributed by atoms with E-state index in [0.29, 0.717) is 6.61 Å². The maximum absolute atomic E-state index is 9.96. The number of benzene rings is 1. The zero-order chi connectivity index (χ0) is 16.6. The number of nitrogens with one attached hydrogen (secondary N) is 1. The highest BCUT2D eigenvalue weighted by Gasteiger charge is 2.30. The predicted octanol–water partition coefficient (Wildman–Crippen LogP) is 2.34. The molecule has 126 valence electrons. The maximum Gasteiger partial charge on any atom is 0.107 e. The van der Waals surface area contributed by atoms with Gasteiger partial charge in [0.1, 0.15) is 5.82 Å². The SMILES string of the molecule is Cc1ccc2c(c1)nc(C)n2C1CCNCC1OCC(C)(C)O. The molecule has 0 aliphatic carbocycles. The van der Waals surface area contributed by atoms with Crippen molar-refractivity contribution in [2.75, 3.05) is 19.7 Å². The molecule has 1 aliphatic rings. The lowest BCUT2D eigenvalue weighted by atomic mass is 10.0. The van der Waals surface area contributed by atoms with Gasteiger partial charge in [-0.15, -0.1) is 0 Å². The Labute approximate surface area is 137 Å². The van der Waals surface area contributed by atoms with E-state index >= 15 is 0 Å². The van der Waals surface area contributed by atoms with E-state index in [4.69, 9.17) is 9.72 Å². The van der Waals surface area contributed by atoms with Crippen molar-refractivity contribution in [3.05, 3.63) is 29.6 Å². The second-order valence-corrected chi connectivity index (χ2v) is 7.24. The molecular formula is C18H27N3O2. The number of aryl methyl sites for hydroxylation is 2. The van der Waals surface area contributed by atoms with Crippen LogP contribution in [-0.4, -0.2) is 46.1 Å². The number of rotatable bonds is 4. The normalized spacial score (nSPS) is 22.7. The van der Waals surface area contributed by atoms with Crippen LogP contribution >= 0.6 is 0 Å².